The maximum Gasteiger partial charge on any atom is 0.152 e. The molecule has 0 aromatic heterocycles. The van der Waals surface area contributed by atoms with Gasteiger partial charge >= 0.3 is 0 Å². The Morgan fingerprint density at radius 1 is 1.45 bits per heavy atom. The number of aliphatic hydroxyl groups is 1. The van der Waals surface area contributed by atoms with E-state index in [0.29, 0.717) is 5.56 Å². The largest absolute Gasteiger partial charge is 0.388 e. The van der Waals surface area contributed by atoms with E-state index in [1.54, 1.807) is 0 Å². The van der Waals surface area contributed by atoms with Crippen molar-refractivity contribution >= 4 is 9.84 Å². The third-order valence-corrected chi connectivity index (χ3v) is 5.77. The molecule has 0 radical (unpaired) electrons. The number of halogens is 1. The Labute approximate surface area is 117 Å². The van der Waals surface area contributed by atoms with Crippen molar-refractivity contribution in [1.82, 2.24) is 0 Å². The van der Waals surface area contributed by atoms with Gasteiger partial charge in [0, 0.05) is 6.42 Å². The summed E-state index contributed by atoms with van der Waals surface area (Å²) in [5, 5.41) is 20.0. The summed E-state index contributed by atoms with van der Waals surface area (Å²) in [7, 11) is -3.29. The lowest BCUT2D eigenvalue weighted by Crippen LogP contribution is -2.47. The van der Waals surface area contributed by atoms with E-state index in [4.69, 9.17) is 0 Å². The summed E-state index contributed by atoms with van der Waals surface area (Å²) in [6, 6.07) is 7.60. The maximum atomic E-state index is 12.9. The molecular weight excluding hydrogens is 281 g/mol. The highest BCUT2D eigenvalue weighted by Gasteiger charge is 2.54. The van der Waals surface area contributed by atoms with Crippen LogP contribution in [-0.4, -0.2) is 30.6 Å². The summed E-state index contributed by atoms with van der Waals surface area (Å²) in [6.45, 7) is 1.47. The van der Waals surface area contributed by atoms with E-state index >= 15 is 0 Å². The van der Waals surface area contributed by atoms with Gasteiger partial charge in [0.15, 0.2) is 9.84 Å². The monoisotopic (exact) mass is 297 g/mol. The first-order valence-corrected chi connectivity index (χ1v) is 8.10. The van der Waals surface area contributed by atoms with Crippen molar-refractivity contribution in [3.05, 3.63) is 35.6 Å². The zero-order valence-electron chi connectivity index (χ0n) is 11.1. The summed E-state index contributed by atoms with van der Waals surface area (Å²) in [5.41, 5.74) is -2.13. The van der Waals surface area contributed by atoms with Gasteiger partial charge in [-0.1, -0.05) is 12.1 Å². The first-order valence-electron chi connectivity index (χ1n) is 6.28. The highest BCUT2D eigenvalue weighted by atomic mass is 32.2. The van der Waals surface area contributed by atoms with Crippen molar-refractivity contribution in [3.8, 4) is 6.07 Å². The molecule has 108 valence electrons. The zero-order chi connectivity index (χ0) is 15.0. The van der Waals surface area contributed by atoms with E-state index in [2.05, 4.69) is 0 Å². The second kappa shape index (κ2) is 4.83. The molecule has 1 aliphatic rings. The van der Waals surface area contributed by atoms with E-state index in [-0.39, 0.29) is 30.2 Å². The third-order valence-electron chi connectivity index (χ3n) is 4.01. The fourth-order valence-electron chi connectivity index (χ4n) is 2.65. The van der Waals surface area contributed by atoms with Gasteiger partial charge in [0.05, 0.1) is 23.2 Å². The Hall–Kier alpha value is -1.45. The quantitative estimate of drug-likeness (QED) is 0.916. The SMILES string of the molecule is CC(O)(Cc1ccc(F)cc1)C1(C#N)CCS(=O)(=O)C1. The van der Waals surface area contributed by atoms with E-state index in [1.807, 2.05) is 6.07 Å². The van der Waals surface area contributed by atoms with Gasteiger partial charge in [-0.25, -0.2) is 12.8 Å². The smallest absolute Gasteiger partial charge is 0.152 e. The van der Waals surface area contributed by atoms with Crippen molar-refractivity contribution in [2.75, 3.05) is 11.5 Å². The number of benzene rings is 1. The molecule has 1 N–H and O–H groups in total. The molecule has 1 aromatic rings. The predicted octanol–water partition coefficient (Wildman–Crippen LogP) is 1.45. The second-order valence-corrected chi connectivity index (χ2v) is 7.80. The van der Waals surface area contributed by atoms with E-state index < -0.39 is 20.9 Å². The highest BCUT2D eigenvalue weighted by molar-refractivity contribution is 7.91. The summed E-state index contributed by atoms with van der Waals surface area (Å²) >= 11 is 0. The number of sulfone groups is 1. The van der Waals surface area contributed by atoms with E-state index in [9.17, 15) is 23.2 Å². The van der Waals surface area contributed by atoms with Crippen LogP contribution in [0.3, 0.4) is 0 Å². The van der Waals surface area contributed by atoms with Crippen molar-refractivity contribution in [1.29, 1.82) is 5.26 Å². The van der Waals surface area contributed by atoms with Crippen LogP contribution in [0.5, 0.6) is 0 Å². The number of hydrogen-bond acceptors (Lipinski definition) is 4. The molecule has 1 aliphatic heterocycles. The van der Waals surface area contributed by atoms with Crippen LogP contribution in [0.1, 0.15) is 18.9 Å². The lowest BCUT2D eigenvalue weighted by molar-refractivity contribution is -0.0262. The van der Waals surface area contributed by atoms with Crippen molar-refractivity contribution in [3.63, 3.8) is 0 Å². The van der Waals surface area contributed by atoms with Crippen molar-refractivity contribution < 1.29 is 17.9 Å². The van der Waals surface area contributed by atoms with Gasteiger partial charge in [-0.15, -0.1) is 0 Å². The molecule has 2 rings (SSSR count). The normalized spacial score (nSPS) is 27.7. The van der Waals surface area contributed by atoms with Crippen LogP contribution in [0.25, 0.3) is 0 Å². The fraction of sp³-hybridized carbons (Fsp3) is 0.500. The summed E-state index contributed by atoms with van der Waals surface area (Å²) in [5.74, 6) is -0.794. The summed E-state index contributed by atoms with van der Waals surface area (Å²) < 4.78 is 36.1. The third kappa shape index (κ3) is 2.69. The minimum atomic E-state index is -3.29. The Bertz CT molecular complexity index is 646. The molecule has 1 saturated heterocycles. The average Bonchev–Trinajstić information content (AvgIpc) is 2.69. The lowest BCUT2D eigenvalue weighted by atomic mass is 9.70. The first-order chi connectivity index (χ1) is 9.20. The summed E-state index contributed by atoms with van der Waals surface area (Å²) in [4.78, 5) is 0. The van der Waals surface area contributed by atoms with Gasteiger partial charge in [-0.2, -0.15) is 5.26 Å². The topological polar surface area (TPSA) is 78.2 Å². The van der Waals surface area contributed by atoms with Crippen molar-refractivity contribution in [2.45, 2.75) is 25.4 Å². The van der Waals surface area contributed by atoms with Crippen LogP contribution in [0.15, 0.2) is 24.3 Å². The number of rotatable bonds is 3. The molecule has 0 aliphatic carbocycles. The molecule has 6 heteroatoms. The predicted molar refractivity (Wildman–Crippen MR) is 72.0 cm³/mol. The van der Waals surface area contributed by atoms with Crippen LogP contribution in [0.2, 0.25) is 0 Å². The van der Waals surface area contributed by atoms with Gasteiger partial charge in [0.2, 0.25) is 0 Å². The Morgan fingerprint density at radius 3 is 2.50 bits per heavy atom. The van der Waals surface area contributed by atoms with Crippen LogP contribution < -0.4 is 0 Å². The number of nitriles is 1. The first kappa shape index (κ1) is 14.9. The highest BCUT2D eigenvalue weighted by Crippen LogP contribution is 2.43. The Balaban J connectivity index is 2.29. The molecule has 2 atom stereocenters. The van der Waals surface area contributed by atoms with Crippen LogP contribution in [0.4, 0.5) is 4.39 Å². The molecule has 0 bridgehead atoms. The van der Waals surface area contributed by atoms with Crippen LogP contribution in [-0.2, 0) is 16.3 Å². The Morgan fingerprint density at radius 2 is 2.05 bits per heavy atom. The van der Waals surface area contributed by atoms with E-state index in [1.165, 1.54) is 31.2 Å². The number of hydrogen-bond donors (Lipinski definition) is 1. The van der Waals surface area contributed by atoms with Crippen LogP contribution in [0, 0.1) is 22.6 Å². The van der Waals surface area contributed by atoms with Gasteiger partial charge in [-0.3, -0.25) is 0 Å². The molecule has 1 fully saturated rings. The fourth-order valence-corrected chi connectivity index (χ4v) is 4.73. The molecule has 20 heavy (non-hydrogen) atoms. The zero-order valence-corrected chi connectivity index (χ0v) is 12.0. The van der Waals surface area contributed by atoms with Gasteiger partial charge < -0.3 is 5.11 Å². The van der Waals surface area contributed by atoms with Gasteiger partial charge in [-0.05, 0) is 31.0 Å². The van der Waals surface area contributed by atoms with E-state index in [0.717, 1.165) is 0 Å². The average molecular weight is 297 g/mol. The minimum Gasteiger partial charge on any atom is -0.388 e. The van der Waals surface area contributed by atoms with Gasteiger partial charge in [0.25, 0.3) is 0 Å². The molecule has 0 amide bonds. The molecule has 0 saturated carbocycles. The second-order valence-electron chi connectivity index (χ2n) is 5.61. The van der Waals surface area contributed by atoms with Gasteiger partial charge in [0.1, 0.15) is 11.2 Å². The molecular formula is C14H16FNO3S. The molecule has 2 unspecified atom stereocenters. The minimum absolute atomic E-state index is 0.0832. The molecule has 4 nitrogen and oxygen atoms in total. The molecule has 1 aromatic carbocycles. The lowest BCUT2D eigenvalue weighted by Gasteiger charge is -2.36. The molecule has 0 spiro atoms. The summed E-state index contributed by atoms with van der Waals surface area (Å²) in [6.07, 6.45) is 0.233. The maximum absolute atomic E-state index is 12.9. The van der Waals surface area contributed by atoms with Crippen molar-refractivity contribution in [2.24, 2.45) is 5.41 Å². The van der Waals surface area contributed by atoms with Crippen LogP contribution >= 0.6 is 0 Å². The number of nitrogens with zero attached hydrogens (tertiary/aromatic N) is 1. The standard InChI is InChI=1S/C14H16FNO3S/c1-13(17,8-11-2-4-12(15)5-3-11)14(9-16)6-7-20(18,19)10-14/h2-5,17H,6-8,10H2,1H3. The Kier molecular flexibility index (Phi) is 3.61. The molecule has 1 heterocycles.